The maximum Gasteiger partial charge on any atom is 0.273 e. The lowest BCUT2D eigenvalue weighted by atomic mass is 10.2. The number of hydrogen-bond acceptors (Lipinski definition) is 6. The molecule has 2 rings (SSSR count). The molecule has 1 amide bonds. The standard InChI is InChI=1S/C12H19N5O2/c1-9(8-17-4-6-19-7-5-17)16-12(18)10-11(13)15-3-2-14-10/h2-3,9H,4-8H2,1H3,(H2,13,15)(H,16,18)/t9-/m1/s1. The van der Waals surface area contributed by atoms with Crippen molar-refractivity contribution in [3.8, 4) is 0 Å². The normalized spacial score (nSPS) is 17.9. The highest BCUT2D eigenvalue weighted by atomic mass is 16.5. The minimum atomic E-state index is -0.286. The summed E-state index contributed by atoms with van der Waals surface area (Å²) < 4.78 is 5.28. The fourth-order valence-electron chi connectivity index (χ4n) is 2.03. The second kappa shape index (κ2) is 6.44. The van der Waals surface area contributed by atoms with E-state index in [0.717, 1.165) is 32.8 Å². The molecule has 0 spiro atoms. The number of nitrogen functional groups attached to an aromatic ring is 1. The van der Waals surface area contributed by atoms with Gasteiger partial charge in [0.05, 0.1) is 13.2 Å². The molecule has 0 saturated carbocycles. The molecule has 1 aromatic heterocycles. The van der Waals surface area contributed by atoms with Gasteiger partial charge in [0.15, 0.2) is 11.5 Å². The third-order valence-electron chi connectivity index (χ3n) is 2.95. The summed E-state index contributed by atoms with van der Waals surface area (Å²) in [7, 11) is 0. The molecule has 0 aromatic carbocycles. The quantitative estimate of drug-likeness (QED) is 0.763. The Morgan fingerprint density at radius 3 is 2.84 bits per heavy atom. The van der Waals surface area contributed by atoms with E-state index in [0.29, 0.717) is 0 Å². The molecule has 3 N–H and O–H groups in total. The van der Waals surface area contributed by atoms with Crippen LogP contribution in [0.3, 0.4) is 0 Å². The van der Waals surface area contributed by atoms with Crippen molar-refractivity contribution >= 4 is 11.7 Å². The zero-order valence-corrected chi connectivity index (χ0v) is 11.0. The van der Waals surface area contributed by atoms with Gasteiger partial charge in [0.2, 0.25) is 0 Å². The summed E-state index contributed by atoms with van der Waals surface area (Å²) in [5.41, 5.74) is 5.80. The molecule has 0 aliphatic carbocycles. The van der Waals surface area contributed by atoms with Gasteiger partial charge in [-0.25, -0.2) is 9.97 Å². The van der Waals surface area contributed by atoms with Crippen LogP contribution in [0.1, 0.15) is 17.4 Å². The molecule has 0 unspecified atom stereocenters. The van der Waals surface area contributed by atoms with Crippen molar-refractivity contribution in [3.63, 3.8) is 0 Å². The highest BCUT2D eigenvalue weighted by molar-refractivity contribution is 5.96. The van der Waals surface area contributed by atoms with Crippen molar-refractivity contribution in [2.75, 3.05) is 38.6 Å². The number of ether oxygens (including phenoxy) is 1. The minimum Gasteiger partial charge on any atom is -0.382 e. The molecule has 1 aliphatic heterocycles. The zero-order valence-electron chi connectivity index (χ0n) is 11.0. The molecule has 1 fully saturated rings. The van der Waals surface area contributed by atoms with Gasteiger partial charge >= 0.3 is 0 Å². The van der Waals surface area contributed by atoms with Crippen LogP contribution in [0.4, 0.5) is 5.82 Å². The Bertz CT molecular complexity index is 434. The monoisotopic (exact) mass is 265 g/mol. The fourth-order valence-corrected chi connectivity index (χ4v) is 2.03. The van der Waals surface area contributed by atoms with Gasteiger partial charge in [-0.2, -0.15) is 0 Å². The van der Waals surface area contributed by atoms with Crippen LogP contribution in [0.25, 0.3) is 0 Å². The number of nitrogens with one attached hydrogen (secondary N) is 1. The van der Waals surface area contributed by atoms with Crippen LogP contribution in [0, 0.1) is 0 Å². The topological polar surface area (TPSA) is 93.4 Å². The van der Waals surface area contributed by atoms with Crippen molar-refractivity contribution in [2.45, 2.75) is 13.0 Å². The largest absolute Gasteiger partial charge is 0.382 e. The summed E-state index contributed by atoms with van der Waals surface area (Å²) in [5.74, 6) is -0.134. The maximum absolute atomic E-state index is 12.0. The van der Waals surface area contributed by atoms with E-state index in [9.17, 15) is 4.79 Å². The number of nitrogens with two attached hydrogens (primary N) is 1. The SMILES string of the molecule is C[C@H](CN1CCOCC1)NC(=O)c1nccnc1N. The summed E-state index contributed by atoms with van der Waals surface area (Å²) in [4.78, 5) is 22.0. The molecule has 0 radical (unpaired) electrons. The van der Waals surface area contributed by atoms with Gasteiger partial charge in [-0.15, -0.1) is 0 Å². The molecule has 1 saturated heterocycles. The lowest BCUT2D eigenvalue weighted by Crippen LogP contribution is -2.46. The van der Waals surface area contributed by atoms with Crippen molar-refractivity contribution in [1.29, 1.82) is 0 Å². The van der Waals surface area contributed by atoms with Crippen LogP contribution in [-0.2, 0) is 4.74 Å². The molecule has 19 heavy (non-hydrogen) atoms. The first-order valence-electron chi connectivity index (χ1n) is 6.34. The minimum absolute atomic E-state index is 0.0204. The smallest absolute Gasteiger partial charge is 0.273 e. The van der Waals surface area contributed by atoms with Crippen LogP contribution in [0.15, 0.2) is 12.4 Å². The number of hydrogen-bond donors (Lipinski definition) is 2. The number of anilines is 1. The van der Waals surface area contributed by atoms with Crippen LogP contribution in [0.2, 0.25) is 0 Å². The Morgan fingerprint density at radius 1 is 1.47 bits per heavy atom. The maximum atomic E-state index is 12.0. The second-order valence-electron chi connectivity index (χ2n) is 4.58. The van der Waals surface area contributed by atoms with Gasteiger partial charge in [0.25, 0.3) is 5.91 Å². The van der Waals surface area contributed by atoms with E-state index in [4.69, 9.17) is 10.5 Å². The predicted octanol–water partition coefficient (Wildman–Crippen LogP) is -0.491. The molecule has 1 atom stereocenters. The molecule has 2 heterocycles. The number of nitrogens with zero attached hydrogens (tertiary/aromatic N) is 3. The van der Waals surface area contributed by atoms with Crippen molar-refractivity contribution in [1.82, 2.24) is 20.2 Å². The number of rotatable bonds is 4. The predicted molar refractivity (Wildman–Crippen MR) is 70.6 cm³/mol. The molecule has 0 bridgehead atoms. The summed E-state index contributed by atoms with van der Waals surface area (Å²) >= 11 is 0. The van der Waals surface area contributed by atoms with E-state index in [1.54, 1.807) is 0 Å². The number of carbonyl (C=O) groups excluding carboxylic acids is 1. The number of morpholine rings is 1. The Labute approximate surface area is 112 Å². The Hall–Kier alpha value is -1.73. The number of carbonyl (C=O) groups is 1. The third-order valence-corrected chi connectivity index (χ3v) is 2.95. The lowest BCUT2D eigenvalue weighted by molar-refractivity contribution is 0.0342. The van der Waals surface area contributed by atoms with Gasteiger partial charge in [-0.1, -0.05) is 0 Å². The zero-order chi connectivity index (χ0) is 13.7. The summed E-state index contributed by atoms with van der Waals surface area (Å²) in [6.07, 6.45) is 2.92. The third kappa shape index (κ3) is 3.87. The van der Waals surface area contributed by atoms with E-state index in [1.807, 2.05) is 6.92 Å². The summed E-state index contributed by atoms with van der Waals surface area (Å²) in [5, 5.41) is 2.88. The van der Waals surface area contributed by atoms with Gasteiger partial charge in [-0.3, -0.25) is 9.69 Å². The first-order valence-corrected chi connectivity index (χ1v) is 6.34. The Morgan fingerprint density at radius 2 is 2.16 bits per heavy atom. The first-order chi connectivity index (χ1) is 9.16. The average molecular weight is 265 g/mol. The summed E-state index contributed by atoms with van der Waals surface area (Å²) in [6.45, 7) is 6.03. The number of amides is 1. The molecule has 1 aromatic rings. The highest BCUT2D eigenvalue weighted by Crippen LogP contribution is 2.04. The van der Waals surface area contributed by atoms with Gasteiger partial charge in [0.1, 0.15) is 0 Å². The van der Waals surface area contributed by atoms with Crippen LogP contribution < -0.4 is 11.1 Å². The number of aromatic nitrogens is 2. The lowest BCUT2D eigenvalue weighted by Gasteiger charge is -2.29. The summed E-state index contributed by atoms with van der Waals surface area (Å²) in [6, 6.07) is 0.0204. The second-order valence-corrected chi connectivity index (χ2v) is 4.58. The Kier molecular flexibility index (Phi) is 4.64. The molecule has 7 heteroatoms. The van der Waals surface area contributed by atoms with Gasteiger partial charge in [-0.05, 0) is 6.92 Å². The molecular formula is C12H19N5O2. The van der Waals surface area contributed by atoms with Crippen LogP contribution >= 0.6 is 0 Å². The van der Waals surface area contributed by atoms with E-state index in [1.165, 1.54) is 12.4 Å². The molecule has 104 valence electrons. The van der Waals surface area contributed by atoms with Gasteiger partial charge in [0, 0.05) is 38.1 Å². The van der Waals surface area contributed by atoms with E-state index in [2.05, 4.69) is 20.2 Å². The van der Waals surface area contributed by atoms with Crippen molar-refractivity contribution in [2.24, 2.45) is 0 Å². The Balaban J connectivity index is 1.86. The van der Waals surface area contributed by atoms with Crippen LogP contribution in [-0.4, -0.2) is 59.7 Å². The van der Waals surface area contributed by atoms with E-state index >= 15 is 0 Å². The molecule has 1 aliphatic rings. The first kappa shape index (κ1) is 13.7. The fraction of sp³-hybridized carbons (Fsp3) is 0.583. The van der Waals surface area contributed by atoms with Crippen LogP contribution in [0.5, 0.6) is 0 Å². The molecular weight excluding hydrogens is 246 g/mol. The van der Waals surface area contributed by atoms with E-state index < -0.39 is 0 Å². The van der Waals surface area contributed by atoms with Crippen molar-refractivity contribution < 1.29 is 9.53 Å². The van der Waals surface area contributed by atoms with Crippen molar-refractivity contribution in [3.05, 3.63) is 18.1 Å². The average Bonchev–Trinajstić information content (AvgIpc) is 2.40. The van der Waals surface area contributed by atoms with E-state index in [-0.39, 0.29) is 23.5 Å². The molecule has 7 nitrogen and oxygen atoms in total. The highest BCUT2D eigenvalue weighted by Gasteiger charge is 2.18. The van der Waals surface area contributed by atoms with Gasteiger partial charge < -0.3 is 15.8 Å².